The van der Waals surface area contributed by atoms with E-state index in [-0.39, 0.29) is 48.2 Å². The molecule has 2 saturated carbocycles. The van der Waals surface area contributed by atoms with Crippen LogP contribution in [0.1, 0.15) is 38.5 Å². The second-order valence-electron chi connectivity index (χ2n) is 9.67. The molecule has 8 heteroatoms. The van der Waals surface area contributed by atoms with E-state index in [2.05, 4.69) is 10.6 Å². The van der Waals surface area contributed by atoms with Crippen LogP contribution >= 0.6 is 0 Å². The van der Waals surface area contributed by atoms with E-state index in [4.69, 9.17) is 10.5 Å². The molecule has 0 aromatic carbocycles. The molecule has 5 heterocycles. The highest BCUT2D eigenvalue weighted by Crippen LogP contribution is 2.49. The molecule has 8 nitrogen and oxygen atoms in total. The summed E-state index contributed by atoms with van der Waals surface area (Å²) in [7, 11) is 0. The fraction of sp³-hybridized carbons (Fsp3) is 0.842. The number of fused-ring (bicyclic) bond motifs is 5. The van der Waals surface area contributed by atoms with Crippen molar-refractivity contribution in [3.8, 4) is 0 Å². The first-order chi connectivity index (χ1) is 12.9. The lowest BCUT2D eigenvalue weighted by molar-refractivity contribution is -0.147. The van der Waals surface area contributed by atoms with Gasteiger partial charge in [-0.25, -0.2) is 0 Å². The lowest BCUT2D eigenvalue weighted by Gasteiger charge is -2.57. The first kappa shape index (κ1) is 16.4. The smallest absolute Gasteiger partial charge is 0.241 e. The Labute approximate surface area is 157 Å². The lowest BCUT2D eigenvalue weighted by Crippen LogP contribution is -2.71. The van der Waals surface area contributed by atoms with Crippen LogP contribution in [0, 0.1) is 23.7 Å². The van der Waals surface area contributed by atoms with Crippen LogP contribution in [0.25, 0.3) is 0 Å². The van der Waals surface area contributed by atoms with Crippen LogP contribution in [-0.2, 0) is 19.1 Å². The highest BCUT2D eigenvalue weighted by atomic mass is 16.5. The molecule has 5 aliphatic heterocycles. The number of nitrogens with one attached hydrogen (secondary N) is 2. The highest BCUT2D eigenvalue weighted by Gasteiger charge is 2.65. The average Bonchev–Trinajstić information content (AvgIpc) is 3.20. The number of carbonyl (C=O) groups excluding carboxylic acids is 3. The molecule has 7 fully saturated rings. The summed E-state index contributed by atoms with van der Waals surface area (Å²) in [6.07, 6.45) is 5.52. The van der Waals surface area contributed by atoms with Gasteiger partial charge in [-0.3, -0.25) is 24.6 Å². The van der Waals surface area contributed by atoms with Gasteiger partial charge in [-0.1, -0.05) is 0 Å². The summed E-state index contributed by atoms with van der Waals surface area (Å²) in [4.78, 5) is 39.5. The van der Waals surface area contributed by atoms with Crippen molar-refractivity contribution in [2.75, 3.05) is 6.54 Å². The van der Waals surface area contributed by atoms with E-state index in [9.17, 15) is 14.4 Å². The van der Waals surface area contributed by atoms with Crippen molar-refractivity contribution in [1.29, 1.82) is 0 Å². The van der Waals surface area contributed by atoms with Gasteiger partial charge in [-0.2, -0.15) is 0 Å². The van der Waals surface area contributed by atoms with E-state index in [0.717, 1.165) is 17.7 Å². The lowest BCUT2D eigenvalue weighted by atomic mass is 9.62. The standard InChI is InChI=1S/C19H26N4O4/c20-11-4-12-14-15(16(11)27-12)18(26)23(17(14)25)7-13(24)22-19-5-8-1-9(6-19)3-10(2-8)21-19/h8-12,14-16,21H,1-7,20H2,(H,22,24)/t8-,9+,10+,11?,12?,14?,15?,16?,19-. The van der Waals surface area contributed by atoms with E-state index >= 15 is 0 Å². The van der Waals surface area contributed by atoms with Crippen LogP contribution in [-0.4, -0.2) is 59.1 Å². The van der Waals surface area contributed by atoms with Crippen LogP contribution in [0.3, 0.4) is 0 Å². The maximum Gasteiger partial charge on any atom is 0.241 e. The first-order valence-electron chi connectivity index (χ1n) is 10.3. The van der Waals surface area contributed by atoms with Crippen molar-refractivity contribution < 1.29 is 19.1 Å². The number of ether oxygens (including phenoxy) is 1. The second-order valence-corrected chi connectivity index (χ2v) is 9.67. The zero-order valence-electron chi connectivity index (χ0n) is 15.2. The van der Waals surface area contributed by atoms with Gasteiger partial charge in [0.05, 0.1) is 29.7 Å². The predicted octanol–water partition coefficient (Wildman–Crippen LogP) is -0.920. The van der Waals surface area contributed by atoms with Gasteiger partial charge in [0.15, 0.2) is 0 Å². The number of hydrogen-bond acceptors (Lipinski definition) is 6. The van der Waals surface area contributed by atoms with Gasteiger partial charge in [0.25, 0.3) is 0 Å². The minimum atomic E-state index is -0.503. The number of rotatable bonds is 3. The molecule has 7 aliphatic rings. The number of piperidine rings is 2. The Kier molecular flexibility index (Phi) is 3.23. The Bertz CT molecular complexity index is 704. The molecule has 3 amide bonds. The number of amides is 3. The van der Waals surface area contributed by atoms with E-state index in [1.54, 1.807) is 0 Å². The summed E-state index contributed by atoms with van der Waals surface area (Å²) in [5.74, 6) is -0.409. The van der Waals surface area contributed by atoms with Crippen molar-refractivity contribution >= 4 is 17.7 Å². The number of likely N-dealkylation sites (tertiary alicyclic amines) is 1. The Morgan fingerprint density at radius 2 is 1.85 bits per heavy atom. The van der Waals surface area contributed by atoms with Gasteiger partial charge in [0, 0.05) is 12.1 Å². The minimum absolute atomic E-state index is 0.192. The number of hydrogen-bond donors (Lipinski definition) is 3. The molecule has 0 aromatic heterocycles. The largest absolute Gasteiger partial charge is 0.372 e. The van der Waals surface area contributed by atoms with E-state index in [1.165, 1.54) is 19.3 Å². The van der Waals surface area contributed by atoms with Crippen molar-refractivity contribution in [2.45, 2.75) is 68.5 Å². The van der Waals surface area contributed by atoms with E-state index in [1.807, 2.05) is 0 Å². The first-order valence-corrected chi connectivity index (χ1v) is 10.3. The van der Waals surface area contributed by atoms with Gasteiger partial charge in [0.2, 0.25) is 17.7 Å². The summed E-state index contributed by atoms with van der Waals surface area (Å²) in [6, 6.07) is 0.290. The topological polar surface area (TPSA) is 114 Å². The van der Waals surface area contributed by atoms with Crippen LogP contribution in [0.4, 0.5) is 0 Å². The second kappa shape index (κ2) is 5.30. The minimum Gasteiger partial charge on any atom is -0.372 e. The molecule has 5 saturated heterocycles. The molecule has 0 spiro atoms. The normalized spacial score (nSPS) is 52.0. The summed E-state index contributed by atoms with van der Waals surface area (Å²) in [5.41, 5.74) is 5.68. The quantitative estimate of drug-likeness (QED) is 0.551. The van der Waals surface area contributed by atoms with Crippen molar-refractivity contribution in [2.24, 2.45) is 29.4 Å². The molecular weight excluding hydrogens is 348 g/mol. The third kappa shape index (κ3) is 2.23. The third-order valence-corrected chi connectivity index (χ3v) is 7.84. The number of nitrogens with zero attached hydrogens (tertiary/aromatic N) is 1. The van der Waals surface area contributed by atoms with Gasteiger partial charge in [0.1, 0.15) is 6.54 Å². The fourth-order valence-corrected chi connectivity index (χ4v) is 7.19. The SMILES string of the molecule is NC1CC2OC1C1C(=O)N(CC(=O)N[C@@]34C[C@@H]5C[C@@H](C[C@H](C5)N3)C4)C(=O)C21. The maximum absolute atomic E-state index is 12.8. The zero-order valence-corrected chi connectivity index (χ0v) is 15.2. The molecule has 6 bridgehead atoms. The Hall–Kier alpha value is -1.51. The maximum atomic E-state index is 12.8. The van der Waals surface area contributed by atoms with Gasteiger partial charge in [-0.15, -0.1) is 0 Å². The molecule has 9 atom stereocenters. The summed E-state index contributed by atoms with van der Waals surface area (Å²) in [5, 5.41) is 6.77. The van der Waals surface area contributed by atoms with Gasteiger partial charge < -0.3 is 15.8 Å². The molecule has 146 valence electrons. The number of imide groups is 1. The third-order valence-electron chi connectivity index (χ3n) is 7.84. The Morgan fingerprint density at radius 1 is 1.15 bits per heavy atom. The van der Waals surface area contributed by atoms with Gasteiger partial charge >= 0.3 is 0 Å². The van der Waals surface area contributed by atoms with E-state index < -0.39 is 11.8 Å². The molecule has 27 heavy (non-hydrogen) atoms. The Morgan fingerprint density at radius 3 is 2.56 bits per heavy atom. The Balaban J connectivity index is 1.16. The fourth-order valence-electron chi connectivity index (χ4n) is 7.19. The molecule has 2 aliphatic carbocycles. The van der Waals surface area contributed by atoms with Crippen LogP contribution in [0.5, 0.6) is 0 Å². The predicted molar refractivity (Wildman–Crippen MR) is 92.8 cm³/mol. The molecule has 0 aromatic rings. The number of carbonyl (C=O) groups is 3. The average molecular weight is 374 g/mol. The van der Waals surface area contributed by atoms with Crippen molar-refractivity contribution in [3.05, 3.63) is 0 Å². The van der Waals surface area contributed by atoms with Gasteiger partial charge in [-0.05, 0) is 50.4 Å². The molecule has 4 N–H and O–H groups in total. The highest BCUT2D eigenvalue weighted by molar-refractivity contribution is 6.08. The van der Waals surface area contributed by atoms with Crippen molar-refractivity contribution in [3.63, 3.8) is 0 Å². The number of nitrogens with two attached hydrogens (primary N) is 1. The summed E-state index contributed by atoms with van der Waals surface area (Å²) >= 11 is 0. The molecule has 7 rings (SSSR count). The zero-order chi connectivity index (χ0) is 18.5. The van der Waals surface area contributed by atoms with Crippen LogP contribution < -0.4 is 16.4 Å². The molecular formula is C19H26N4O4. The van der Waals surface area contributed by atoms with E-state index in [0.29, 0.717) is 24.3 Å². The monoisotopic (exact) mass is 374 g/mol. The summed E-state index contributed by atoms with van der Waals surface area (Å²) < 4.78 is 5.73. The van der Waals surface area contributed by atoms with Crippen molar-refractivity contribution in [1.82, 2.24) is 15.5 Å². The summed E-state index contributed by atoms with van der Waals surface area (Å²) in [6.45, 7) is -0.192. The van der Waals surface area contributed by atoms with Crippen LogP contribution in [0.2, 0.25) is 0 Å². The molecule has 0 radical (unpaired) electrons. The van der Waals surface area contributed by atoms with Crippen LogP contribution in [0.15, 0.2) is 0 Å². The molecule has 5 unspecified atom stereocenters.